The number of hydrogen-bond donors (Lipinski definition) is 2. The van der Waals surface area contributed by atoms with Crippen molar-refractivity contribution in [3.8, 4) is 0 Å². The second-order valence-corrected chi connectivity index (χ2v) is 4.93. The monoisotopic (exact) mass is 250 g/mol. The lowest BCUT2D eigenvalue weighted by molar-refractivity contribution is -0.125. The Morgan fingerprint density at radius 2 is 2.11 bits per heavy atom. The third kappa shape index (κ3) is 4.79. The molecule has 100 valence electrons. The average Bonchev–Trinajstić information content (AvgIpc) is 2.34. The molecular formula is C13H22N4O. The number of aryl methyl sites for hydroxylation is 1. The van der Waals surface area contributed by atoms with E-state index < -0.39 is 0 Å². The van der Waals surface area contributed by atoms with Crippen molar-refractivity contribution < 1.29 is 4.79 Å². The molecule has 1 heterocycles. The Morgan fingerprint density at radius 1 is 1.39 bits per heavy atom. The summed E-state index contributed by atoms with van der Waals surface area (Å²) in [6, 6.07) is 0. The van der Waals surface area contributed by atoms with E-state index in [2.05, 4.69) is 29.1 Å². The first-order chi connectivity index (χ1) is 8.52. The Morgan fingerprint density at radius 3 is 2.61 bits per heavy atom. The fourth-order valence-electron chi connectivity index (χ4n) is 1.71. The van der Waals surface area contributed by atoms with Crippen LogP contribution >= 0.6 is 0 Å². The van der Waals surface area contributed by atoms with Gasteiger partial charge in [0.2, 0.25) is 5.91 Å². The summed E-state index contributed by atoms with van der Waals surface area (Å²) in [5, 5.41) is 2.85. The highest BCUT2D eigenvalue weighted by atomic mass is 16.1. The van der Waals surface area contributed by atoms with Gasteiger partial charge < -0.3 is 11.1 Å². The molecule has 0 saturated heterocycles. The topological polar surface area (TPSA) is 80.9 Å². The minimum absolute atomic E-state index is 0.00595. The Labute approximate surface area is 108 Å². The van der Waals surface area contributed by atoms with E-state index in [1.807, 2.05) is 6.92 Å². The molecule has 5 heteroatoms. The summed E-state index contributed by atoms with van der Waals surface area (Å²) in [5.41, 5.74) is 7.25. The van der Waals surface area contributed by atoms with Crippen LogP contribution in [0.4, 0.5) is 0 Å². The number of carbonyl (C=O) groups excluding carboxylic acids is 1. The van der Waals surface area contributed by atoms with Crippen molar-refractivity contribution in [2.75, 3.05) is 6.54 Å². The molecule has 0 aliphatic heterocycles. The van der Waals surface area contributed by atoms with Gasteiger partial charge >= 0.3 is 0 Å². The minimum atomic E-state index is -0.122. The third-order valence-electron chi connectivity index (χ3n) is 2.69. The van der Waals surface area contributed by atoms with E-state index in [4.69, 9.17) is 5.73 Å². The highest BCUT2D eigenvalue weighted by Gasteiger charge is 2.17. The van der Waals surface area contributed by atoms with Crippen LogP contribution in [-0.2, 0) is 11.3 Å². The summed E-state index contributed by atoms with van der Waals surface area (Å²) in [5.74, 6) is 0.334. The van der Waals surface area contributed by atoms with Gasteiger partial charge in [-0.1, -0.05) is 13.8 Å². The van der Waals surface area contributed by atoms with Crippen molar-refractivity contribution >= 4 is 5.91 Å². The fourth-order valence-corrected chi connectivity index (χ4v) is 1.71. The zero-order valence-corrected chi connectivity index (χ0v) is 11.3. The second-order valence-electron chi connectivity index (χ2n) is 4.93. The highest BCUT2D eigenvalue weighted by Crippen LogP contribution is 2.10. The van der Waals surface area contributed by atoms with Crippen LogP contribution in [0.2, 0.25) is 0 Å². The van der Waals surface area contributed by atoms with Gasteiger partial charge in [-0.05, 0) is 19.3 Å². The van der Waals surface area contributed by atoms with Gasteiger partial charge in [-0.3, -0.25) is 14.8 Å². The third-order valence-corrected chi connectivity index (χ3v) is 2.69. The molecule has 1 atom stereocenters. The van der Waals surface area contributed by atoms with Crippen LogP contribution in [-0.4, -0.2) is 22.4 Å². The summed E-state index contributed by atoms with van der Waals surface area (Å²) >= 11 is 0. The van der Waals surface area contributed by atoms with Crippen molar-refractivity contribution in [2.45, 2.75) is 33.7 Å². The lowest BCUT2D eigenvalue weighted by Crippen LogP contribution is -2.35. The van der Waals surface area contributed by atoms with E-state index in [0.29, 0.717) is 19.0 Å². The Balaban J connectivity index is 2.46. The van der Waals surface area contributed by atoms with Crippen molar-refractivity contribution in [3.05, 3.63) is 23.8 Å². The van der Waals surface area contributed by atoms with Gasteiger partial charge in [0.1, 0.15) is 0 Å². The maximum Gasteiger partial charge on any atom is 0.224 e. The van der Waals surface area contributed by atoms with Crippen LogP contribution in [0.15, 0.2) is 12.4 Å². The number of aromatic nitrogens is 2. The molecule has 3 N–H and O–H groups in total. The normalized spacial score (nSPS) is 12.5. The van der Waals surface area contributed by atoms with Crippen LogP contribution in [0.3, 0.4) is 0 Å². The second kappa shape index (κ2) is 7.06. The van der Waals surface area contributed by atoms with Crippen LogP contribution in [0.5, 0.6) is 0 Å². The molecule has 0 aromatic carbocycles. The Kier molecular flexibility index (Phi) is 5.71. The molecule has 0 spiro atoms. The number of hydrogen-bond acceptors (Lipinski definition) is 4. The fraction of sp³-hybridized carbons (Fsp3) is 0.615. The van der Waals surface area contributed by atoms with Crippen molar-refractivity contribution in [2.24, 2.45) is 17.6 Å². The summed E-state index contributed by atoms with van der Waals surface area (Å²) in [4.78, 5) is 20.2. The van der Waals surface area contributed by atoms with E-state index in [1.165, 1.54) is 0 Å². The molecule has 0 bridgehead atoms. The maximum absolute atomic E-state index is 11.9. The van der Waals surface area contributed by atoms with E-state index in [-0.39, 0.29) is 11.8 Å². The Bertz CT molecular complexity index is 375. The standard InChI is InChI=1S/C13H22N4O/c1-9(2)4-11(5-14)13(18)17-8-12-7-15-10(3)6-16-12/h6-7,9,11H,4-5,8,14H2,1-3H3,(H,17,18). The van der Waals surface area contributed by atoms with Gasteiger partial charge in [-0.15, -0.1) is 0 Å². The molecule has 1 aromatic rings. The van der Waals surface area contributed by atoms with Crippen LogP contribution < -0.4 is 11.1 Å². The summed E-state index contributed by atoms with van der Waals surface area (Å²) in [6.07, 6.45) is 4.17. The van der Waals surface area contributed by atoms with Crippen molar-refractivity contribution in [3.63, 3.8) is 0 Å². The van der Waals surface area contributed by atoms with Gasteiger partial charge in [-0.2, -0.15) is 0 Å². The molecule has 5 nitrogen and oxygen atoms in total. The average molecular weight is 250 g/mol. The predicted octanol–water partition coefficient (Wildman–Crippen LogP) is 1.02. The minimum Gasteiger partial charge on any atom is -0.350 e. The molecule has 18 heavy (non-hydrogen) atoms. The molecular weight excluding hydrogens is 228 g/mol. The molecule has 0 aliphatic carbocycles. The number of nitrogens with zero attached hydrogens (tertiary/aromatic N) is 2. The zero-order chi connectivity index (χ0) is 13.5. The summed E-state index contributed by atoms with van der Waals surface area (Å²) in [6.45, 7) is 6.83. The van der Waals surface area contributed by atoms with Crippen LogP contribution in [0.1, 0.15) is 31.7 Å². The number of nitrogens with one attached hydrogen (secondary N) is 1. The number of rotatable bonds is 6. The number of carbonyl (C=O) groups is 1. The molecule has 1 aromatic heterocycles. The van der Waals surface area contributed by atoms with Gasteiger partial charge in [0, 0.05) is 12.7 Å². The van der Waals surface area contributed by atoms with Crippen molar-refractivity contribution in [1.29, 1.82) is 0 Å². The molecule has 0 fully saturated rings. The first-order valence-corrected chi connectivity index (χ1v) is 6.28. The van der Waals surface area contributed by atoms with E-state index in [0.717, 1.165) is 17.8 Å². The molecule has 0 aliphatic rings. The Hall–Kier alpha value is -1.49. The van der Waals surface area contributed by atoms with Gasteiger partial charge in [-0.25, -0.2) is 0 Å². The predicted molar refractivity (Wildman–Crippen MR) is 70.6 cm³/mol. The van der Waals surface area contributed by atoms with Gasteiger partial charge in [0.25, 0.3) is 0 Å². The summed E-state index contributed by atoms with van der Waals surface area (Å²) in [7, 11) is 0. The molecule has 0 radical (unpaired) electrons. The van der Waals surface area contributed by atoms with Gasteiger partial charge in [0.15, 0.2) is 0 Å². The SMILES string of the molecule is Cc1cnc(CNC(=O)C(CN)CC(C)C)cn1. The van der Waals surface area contributed by atoms with E-state index >= 15 is 0 Å². The van der Waals surface area contributed by atoms with Gasteiger partial charge in [0.05, 0.1) is 30.0 Å². The first kappa shape index (κ1) is 14.6. The molecule has 1 amide bonds. The molecule has 1 rings (SSSR count). The largest absolute Gasteiger partial charge is 0.350 e. The summed E-state index contributed by atoms with van der Waals surface area (Å²) < 4.78 is 0. The first-order valence-electron chi connectivity index (χ1n) is 6.28. The quantitative estimate of drug-likeness (QED) is 0.790. The zero-order valence-electron chi connectivity index (χ0n) is 11.3. The molecule has 1 unspecified atom stereocenters. The lowest BCUT2D eigenvalue weighted by atomic mass is 9.96. The van der Waals surface area contributed by atoms with E-state index in [1.54, 1.807) is 12.4 Å². The molecule has 0 saturated carbocycles. The maximum atomic E-state index is 11.9. The van der Waals surface area contributed by atoms with Crippen LogP contribution in [0, 0.1) is 18.8 Å². The van der Waals surface area contributed by atoms with Crippen molar-refractivity contribution in [1.82, 2.24) is 15.3 Å². The lowest BCUT2D eigenvalue weighted by Gasteiger charge is -2.16. The van der Waals surface area contributed by atoms with Crippen LogP contribution in [0.25, 0.3) is 0 Å². The number of nitrogens with two attached hydrogens (primary N) is 1. The highest BCUT2D eigenvalue weighted by molar-refractivity contribution is 5.78. The smallest absolute Gasteiger partial charge is 0.224 e. The van der Waals surface area contributed by atoms with E-state index in [9.17, 15) is 4.79 Å². The number of amides is 1.